The van der Waals surface area contributed by atoms with Gasteiger partial charge in [-0.2, -0.15) is 31.4 Å². The zero-order valence-corrected chi connectivity index (χ0v) is 11.3. The van der Waals surface area contributed by atoms with E-state index in [1.165, 1.54) is 12.7 Å². The normalized spacial score (nSPS) is 12.9. The van der Waals surface area contributed by atoms with Gasteiger partial charge in [0.15, 0.2) is 20.0 Å². The largest absolute Gasteiger partial charge is 1.00 e. The summed E-state index contributed by atoms with van der Waals surface area (Å²) in [4.78, 5) is 3.56. The van der Waals surface area contributed by atoms with E-state index < -0.39 is 31.1 Å². The van der Waals surface area contributed by atoms with Crippen molar-refractivity contribution in [1.29, 1.82) is 0 Å². The minimum Gasteiger partial charge on any atom is -0.421 e. The molecule has 1 heterocycles. The fourth-order valence-corrected chi connectivity index (χ4v) is 2.09. The Balaban J connectivity index is 0. The molecule has 0 bridgehead atoms. The maximum Gasteiger partial charge on any atom is 1.00 e. The maximum absolute atomic E-state index is 11.4. The summed E-state index contributed by atoms with van der Waals surface area (Å²) in [6.07, 6.45) is 2.96. The molecule has 0 saturated carbocycles. The first-order valence-corrected chi connectivity index (χ1v) is 6.74. The first-order valence-electron chi connectivity index (χ1n) is 3.86. The molecule has 1 N–H and O–H groups in total. The molecule has 0 aliphatic heterocycles. The van der Waals surface area contributed by atoms with Crippen molar-refractivity contribution in [3.05, 3.63) is 16.8 Å². The van der Waals surface area contributed by atoms with E-state index in [1.807, 2.05) is 0 Å². The van der Waals surface area contributed by atoms with Crippen LogP contribution in [0.4, 0.5) is 26.3 Å². The van der Waals surface area contributed by atoms with Crippen molar-refractivity contribution < 1.29 is 62.0 Å². The third-order valence-electron chi connectivity index (χ3n) is 1.11. The molecule has 0 atom stereocenters. The number of nitrogens with one attached hydrogen (secondary N) is 1. The molecule has 1 rings (SSSR count). The van der Waals surface area contributed by atoms with Crippen LogP contribution >= 0.6 is 0 Å². The molecule has 0 aliphatic carbocycles. The topological polar surface area (TPSA) is 124 Å². The minimum atomic E-state index is -6.72. The average molecular weight is 356 g/mol. The summed E-state index contributed by atoms with van der Waals surface area (Å²) in [5.74, 6) is 0. The fraction of sp³-hybridized carbons (Fsp3) is 0.500. The number of alkyl halides is 6. The number of H-pyrrole nitrogens is 1. The van der Waals surface area contributed by atoms with Crippen molar-refractivity contribution in [3.63, 3.8) is 0 Å². The molecule has 21 heavy (non-hydrogen) atoms. The van der Waals surface area contributed by atoms with Crippen molar-refractivity contribution in [2.45, 2.75) is 11.0 Å². The van der Waals surface area contributed by atoms with Crippen molar-refractivity contribution in [2.24, 2.45) is 0 Å². The summed E-state index contributed by atoms with van der Waals surface area (Å²) in [6, 6.07) is 0. The van der Waals surface area contributed by atoms with Crippen LogP contribution in [0.3, 0.4) is 0 Å². The number of rotatable bonds is 2. The van der Waals surface area contributed by atoms with Crippen molar-refractivity contribution in [3.8, 4) is 0 Å². The molecule has 8 nitrogen and oxygen atoms in total. The molecule has 0 aromatic carbocycles. The molecular weight excluding hydrogens is 353 g/mol. The van der Waals surface area contributed by atoms with Crippen molar-refractivity contribution in [1.82, 2.24) is 15.2 Å². The Hall–Kier alpha value is -0.823. The summed E-state index contributed by atoms with van der Waals surface area (Å²) in [5.41, 5.74) is -12.4. The van der Waals surface area contributed by atoms with Crippen LogP contribution in [0.2, 0.25) is 0 Å². The van der Waals surface area contributed by atoms with Gasteiger partial charge in [0.05, 0.1) is 0 Å². The van der Waals surface area contributed by atoms with E-state index in [9.17, 15) is 43.2 Å². The molecule has 0 unspecified atom stereocenters. The smallest absolute Gasteiger partial charge is 0.421 e. The molecule has 0 fully saturated rings. The van der Waals surface area contributed by atoms with E-state index in [0.29, 0.717) is 0 Å². The van der Waals surface area contributed by atoms with Crippen LogP contribution < -0.4 is 18.9 Å². The second-order valence-corrected chi connectivity index (χ2v) is 5.99. The number of nitrogens with zero attached hydrogens (tertiary/aromatic N) is 3. The zero-order valence-electron chi connectivity index (χ0n) is 9.71. The summed E-state index contributed by atoms with van der Waals surface area (Å²) in [6.45, 7) is 0. The molecule has 17 heteroatoms. The van der Waals surface area contributed by atoms with Gasteiger partial charge in [-0.05, 0) is 0 Å². The van der Waals surface area contributed by atoms with E-state index in [2.05, 4.69) is 15.2 Å². The van der Waals surface area contributed by atoms with Gasteiger partial charge in [0.25, 0.3) is 0 Å². The number of hydrogen-bond acceptors (Lipinski definition) is 6. The van der Waals surface area contributed by atoms with E-state index in [1.54, 1.807) is 0 Å². The Morgan fingerprint density at radius 1 is 0.905 bits per heavy atom. The van der Waals surface area contributed by atoms with E-state index in [4.69, 9.17) is 0 Å². The fourth-order valence-electron chi connectivity index (χ4n) is 0.380. The quantitative estimate of drug-likeness (QED) is 0.477. The minimum absolute atomic E-state index is 0. The number of sulfonamides is 2. The molecule has 1 aromatic heterocycles. The van der Waals surface area contributed by atoms with Crippen LogP contribution in [0.1, 0.15) is 0 Å². The molecule has 1 aromatic rings. The van der Waals surface area contributed by atoms with E-state index >= 15 is 0 Å². The third-order valence-corrected chi connectivity index (χ3v) is 3.85. The molecule has 0 amide bonds. The van der Waals surface area contributed by atoms with Crippen molar-refractivity contribution >= 4 is 20.0 Å². The zero-order chi connectivity index (χ0) is 16.2. The second kappa shape index (κ2) is 7.44. The van der Waals surface area contributed by atoms with Gasteiger partial charge in [0.1, 0.15) is 12.7 Å². The molecule has 0 radical (unpaired) electrons. The van der Waals surface area contributed by atoms with Gasteiger partial charge in [-0.3, -0.25) is 5.10 Å². The third kappa shape index (κ3) is 7.13. The van der Waals surface area contributed by atoms with E-state index in [-0.39, 0.29) is 18.9 Å². The Morgan fingerprint density at radius 3 is 1.43 bits per heavy atom. The standard InChI is InChI=1S/C2F6NO4S2.C2H3N3.Li/c3-1(4,5)14(10,11)9-15(12,13)2(6,7)8;1-3-2-5-4-1;/h;1-2H,(H,3,4,5);/q-1;;+1. The monoisotopic (exact) mass is 356 g/mol. The Morgan fingerprint density at radius 2 is 1.29 bits per heavy atom. The molecule has 118 valence electrons. The molecule has 0 spiro atoms. The van der Waals surface area contributed by atoms with Gasteiger partial charge >= 0.3 is 29.9 Å². The van der Waals surface area contributed by atoms with Gasteiger partial charge < -0.3 is 4.13 Å². The van der Waals surface area contributed by atoms with Gasteiger partial charge in [-0.1, -0.05) is 0 Å². The predicted molar refractivity (Wildman–Crippen MR) is 49.7 cm³/mol. The molecule has 0 saturated heterocycles. The van der Waals surface area contributed by atoms with Gasteiger partial charge in [-0.15, -0.1) is 0 Å². The number of aromatic amines is 1. The van der Waals surface area contributed by atoms with Crippen LogP contribution in [-0.2, 0) is 20.0 Å². The second-order valence-electron chi connectivity index (χ2n) is 2.57. The van der Waals surface area contributed by atoms with Crippen LogP contribution in [0.15, 0.2) is 12.7 Å². The Bertz CT molecular complexity index is 549. The summed E-state index contributed by atoms with van der Waals surface area (Å²) < 4.78 is 109. The first-order chi connectivity index (χ1) is 8.71. The van der Waals surface area contributed by atoms with Crippen LogP contribution in [0, 0.1) is 0 Å². The van der Waals surface area contributed by atoms with Crippen molar-refractivity contribution in [2.75, 3.05) is 0 Å². The summed E-state index contributed by atoms with van der Waals surface area (Å²) in [5, 5.41) is 5.99. The number of halogens is 6. The van der Waals surface area contributed by atoms with Crippen LogP contribution in [-0.4, -0.2) is 43.0 Å². The Kier molecular flexibility index (Phi) is 7.96. The maximum atomic E-state index is 11.4. The predicted octanol–water partition coefficient (Wildman–Crippen LogP) is -2.13. The van der Waals surface area contributed by atoms with Crippen LogP contribution in [0.25, 0.3) is 4.13 Å². The Labute approximate surface area is 125 Å². The average Bonchev–Trinajstić information content (AvgIpc) is 2.68. The summed E-state index contributed by atoms with van der Waals surface area (Å²) >= 11 is 0. The molecular formula is C4H3F6LiN4O4S2. The van der Waals surface area contributed by atoms with E-state index in [0.717, 1.165) is 4.13 Å². The first kappa shape index (κ1) is 22.5. The number of hydrogen-bond donors (Lipinski definition) is 1. The van der Waals surface area contributed by atoms with Gasteiger partial charge in [0.2, 0.25) is 0 Å². The summed E-state index contributed by atoms with van der Waals surface area (Å²) in [7, 11) is -13.4. The van der Waals surface area contributed by atoms with Crippen LogP contribution in [0.5, 0.6) is 0 Å². The SMILES string of the molecule is O=S(=O)([N-]S(=O)(=O)C(F)(F)F)C(F)(F)F.[Li+].c1nc[nH]n1. The number of aromatic nitrogens is 3. The van der Waals surface area contributed by atoms with Gasteiger partial charge in [-0.25, -0.2) is 21.8 Å². The van der Waals surface area contributed by atoms with Gasteiger partial charge in [0, 0.05) is 0 Å². The molecule has 0 aliphatic rings.